The van der Waals surface area contributed by atoms with Crippen molar-refractivity contribution in [3.8, 4) is 17.0 Å². The average molecular weight is 517 g/mol. The molecule has 3 N–H and O–H groups in total. The summed E-state index contributed by atoms with van der Waals surface area (Å²) in [5.41, 5.74) is 5.57. The van der Waals surface area contributed by atoms with Gasteiger partial charge in [0.25, 0.3) is 0 Å². The van der Waals surface area contributed by atoms with E-state index >= 15 is 0 Å². The number of aliphatic hydroxyl groups excluding tert-OH is 1. The quantitative estimate of drug-likeness (QED) is 0.323. The number of fused-ring (bicyclic) bond motifs is 1. The van der Waals surface area contributed by atoms with Crippen molar-refractivity contribution in [1.82, 2.24) is 24.6 Å². The Kier molecular flexibility index (Phi) is 7.09. The molecule has 0 saturated carbocycles. The van der Waals surface area contributed by atoms with Gasteiger partial charge in [-0.05, 0) is 32.0 Å². The van der Waals surface area contributed by atoms with Crippen molar-refractivity contribution in [1.29, 1.82) is 0 Å². The Morgan fingerprint density at radius 3 is 2.53 bits per heavy atom. The van der Waals surface area contributed by atoms with Crippen molar-refractivity contribution < 1.29 is 9.84 Å². The Bertz CT molecular complexity index is 1430. The van der Waals surface area contributed by atoms with Crippen LogP contribution in [-0.2, 0) is 7.05 Å². The third-order valence-corrected chi connectivity index (χ3v) is 7.42. The first-order valence-electron chi connectivity index (χ1n) is 12.8. The summed E-state index contributed by atoms with van der Waals surface area (Å²) in [5, 5.41) is 21.9. The second kappa shape index (κ2) is 10.5. The predicted octanol–water partition coefficient (Wildman–Crippen LogP) is 3.72. The number of aliphatic hydroxyl groups is 1. The summed E-state index contributed by atoms with van der Waals surface area (Å²) in [5.74, 6) is 1.41. The molecule has 1 fully saturated rings. The highest BCUT2D eigenvalue weighted by molar-refractivity contribution is 5.85. The normalized spacial score (nSPS) is 14.6. The number of rotatable bonds is 8. The molecule has 1 aliphatic rings. The minimum Gasteiger partial charge on any atom is -0.494 e. The van der Waals surface area contributed by atoms with Crippen molar-refractivity contribution in [3.63, 3.8) is 0 Å². The fourth-order valence-corrected chi connectivity index (χ4v) is 4.99. The van der Waals surface area contributed by atoms with E-state index in [0.29, 0.717) is 5.82 Å². The van der Waals surface area contributed by atoms with E-state index in [-0.39, 0.29) is 12.1 Å². The molecule has 3 heterocycles. The number of anilines is 4. The number of hydrogen-bond acceptors (Lipinski definition) is 9. The van der Waals surface area contributed by atoms with Crippen LogP contribution in [0.4, 0.5) is 22.9 Å². The minimum atomic E-state index is -0.219. The third kappa shape index (κ3) is 4.97. The highest BCUT2D eigenvalue weighted by Crippen LogP contribution is 2.39. The largest absolute Gasteiger partial charge is 0.494 e. The van der Waals surface area contributed by atoms with Crippen molar-refractivity contribution >= 4 is 33.8 Å². The molecule has 2 aromatic carbocycles. The van der Waals surface area contributed by atoms with E-state index in [1.165, 1.54) is 0 Å². The summed E-state index contributed by atoms with van der Waals surface area (Å²) in [6, 6.07) is 12.3. The molecule has 4 aromatic rings. The van der Waals surface area contributed by atoms with E-state index in [2.05, 4.69) is 73.6 Å². The molecule has 2 aromatic heterocycles. The Morgan fingerprint density at radius 2 is 1.82 bits per heavy atom. The Balaban J connectivity index is 1.39. The van der Waals surface area contributed by atoms with Gasteiger partial charge in [-0.15, -0.1) is 0 Å². The monoisotopic (exact) mass is 516 g/mol. The Hall–Kier alpha value is -3.89. The van der Waals surface area contributed by atoms with Gasteiger partial charge in [0, 0.05) is 68.9 Å². The van der Waals surface area contributed by atoms with Gasteiger partial charge in [0.15, 0.2) is 0 Å². The van der Waals surface area contributed by atoms with Crippen LogP contribution < -0.4 is 20.3 Å². The van der Waals surface area contributed by atoms with E-state index in [9.17, 15) is 5.11 Å². The lowest BCUT2D eigenvalue weighted by molar-refractivity contribution is 0.0527. The lowest BCUT2D eigenvalue weighted by atomic mass is 10.0. The number of nitrogens with one attached hydrogen (secondary N) is 2. The zero-order valence-electron chi connectivity index (χ0n) is 22.7. The molecule has 0 amide bonds. The number of methoxy groups -OCH3 is 1. The fourth-order valence-electron chi connectivity index (χ4n) is 4.99. The molecule has 1 saturated heterocycles. The van der Waals surface area contributed by atoms with Gasteiger partial charge >= 0.3 is 0 Å². The first kappa shape index (κ1) is 25.7. The number of ether oxygens (including phenoxy) is 1. The standard InChI is InChI=1S/C28H36N8O2/c1-28(2,17-37)36-10-8-35(9-11-36)25-15-26(38-5)23(13-22(25)29-3)33-27-14-21(30-18-31-27)19-6-7-24-20(12-19)16-32-34(24)4/h6-7,12-16,18,29,37H,8-11,17H2,1-5H3,(H,30,31,33). The van der Waals surface area contributed by atoms with Gasteiger partial charge in [-0.25, -0.2) is 9.97 Å². The zero-order chi connectivity index (χ0) is 26.9. The number of aromatic nitrogens is 4. The molecule has 5 rings (SSSR count). The number of hydrogen-bond donors (Lipinski definition) is 3. The van der Waals surface area contributed by atoms with E-state index in [0.717, 1.165) is 71.2 Å². The van der Waals surface area contributed by atoms with Crippen LogP contribution >= 0.6 is 0 Å². The smallest absolute Gasteiger partial charge is 0.144 e. The maximum Gasteiger partial charge on any atom is 0.144 e. The molecule has 38 heavy (non-hydrogen) atoms. The van der Waals surface area contributed by atoms with Gasteiger partial charge in [-0.1, -0.05) is 6.07 Å². The summed E-state index contributed by atoms with van der Waals surface area (Å²) < 4.78 is 7.65. The van der Waals surface area contributed by atoms with Gasteiger partial charge in [0.05, 0.1) is 48.2 Å². The molecule has 1 aliphatic heterocycles. The molecule has 0 spiro atoms. The second-order valence-electron chi connectivity index (χ2n) is 10.2. The summed E-state index contributed by atoms with van der Waals surface area (Å²) in [4.78, 5) is 13.7. The van der Waals surface area contributed by atoms with Crippen LogP contribution in [0.1, 0.15) is 13.8 Å². The number of nitrogens with zero attached hydrogens (tertiary/aromatic N) is 6. The van der Waals surface area contributed by atoms with Crippen molar-refractivity contribution in [3.05, 3.63) is 48.9 Å². The summed E-state index contributed by atoms with van der Waals surface area (Å²) in [6.07, 6.45) is 3.43. The average Bonchev–Trinajstić information content (AvgIpc) is 3.32. The van der Waals surface area contributed by atoms with Crippen molar-refractivity contribution in [2.24, 2.45) is 7.05 Å². The molecule has 0 atom stereocenters. The van der Waals surface area contributed by atoms with Crippen molar-refractivity contribution in [2.45, 2.75) is 19.4 Å². The maximum atomic E-state index is 9.76. The molecular formula is C28H36N8O2. The first-order chi connectivity index (χ1) is 18.3. The molecule has 200 valence electrons. The van der Waals surface area contributed by atoms with E-state index in [4.69, 9.17) is 4.74 Å². The summed E-state index contributed by atoms with van der Waals surface area (Å²) in [7, 11) is 5.54. The SMILES string of the molecule is CNc1cc(Nc2cc(-c3ccc4c(cnn4C)c3)ncn2)c(OC)cc1N1CCN(C(C)(C)CO)CC1. The molecule has 0 bridgehead atoms. The lowest BCUT2D eigenvalue weighted by Gasteiger charge is -2.44. The molecule has 0 unspecified atom stereocenters. The van der Waals surface area contributed by atoms with E-state index < -0.39 is 0 Å². The lowest BCUT2D eigenvalue weighted by Crippen LogP contribution is -2.56. The molecule has 10 nitrogen and oxygen atoms in total. The fraction of sp³-hybridized carbons (Fsp3) is 0.393. The van der Waals surface area contributed by atoms with Crippen LogP contribution in [0.3, 0.4) is 0 Å². The zero-order valence-corrected chi connectivity index (χ0v) is 22.7. The second-order valence-corrected chi connectivity index (χ2v) is 10.2. The summed E-state index contributed by atoms with van der Waals surface area (Å²) in [6.45, 7) is 7.81. The molecular weight excluding hydrogens is 480 g/mol. The van der Waals surface area contributed by atoms with Crippen LogP contribution in [0.2, 0.25) is 0 Å². The highest BCUT2D eigenvalue weighted by Gasteiger charge is 2.30. The maximum absolute atomic E-state index is 9.76. The number of benzene rings is 2. The topological polar surface area (TPSA) is 104 Å². The van der Waals surface area contributed by atoms with E-state index in [1.807, 2.05) is 37.1 Å². The van der Waals surface area contributed by atoms with Crippen molar-refractivity contribution in [2.75, 3.05) is 62.5 Å². The predicted molar refractivity (Wildman–Crippen MR) is 153 cm³/mol. The Labute approximate surface area is 223 Å². The Morgan fingerprint density at radius 1 is 1.03 bits per heavy atom. The molecule has 0 radical (unpaired) electrons. The first-order valence-corrected chi connectivity index (χ1v) is 12.8. The number of aryl methyl sites for hydroxylation is 1. The van der Waals surface area contributed by atoms with Crippen LogP contribution in [-0.4, -0.2) is 82.2 Å². The third-order valence-electron chi connectivity index (χ3n) is 7.42. The number of piperazine rings is 1. The van der Waals surface area contributed by atoms with Crippen LogP contribution in [0.15, 0.2) is 48.9 Å². The van der Waals surface area contributed by atoms with Gasteiger partial charge in [0.1, 0.15) is 17.9 Å². The van der Waals surface area contributed by atoms with Crippen LogP contribution in [0.5, 0.6) is 5.75 Å². The summed E-state index contributed by atoms with van der Waals surface area (Å²) >= 11 is 0. The van der Waals surface area contributed by atoms with Gasteiger partial charge < -0.3 is 25.4 Å². The highest BCUT2D eigenvalue weighted by atomic mass is 16.5. The van der Waals surface area contributed by atoms with Gasteiger partial charge in [-0.3, -0.25) is 9.58 Å². The van der Waals surface area contributed by atoms with Crippen LogP contribution in [0.25, 0.3) is 22.2 Å². The van der Waals surface area contributed by atoms with Gasteiger partial charge in [0.2, 0.25) is 0 Å². The van der Waals surface area contributed by atoms with E-state index in [1.54, 1.807) is 13.4 Å². The van der Waals surface area contributed by atoms with Crippen LogP contribution in [0, 0.1) is 0 Å². The minimum absolute atomic E-state index is 0.145. The molecule has 0 aliphatic carbocycles. The molecule has 10 heteroatoms. The van der Waals surface area contributed by atoms with Gasteiger partial charge in [-0.2, -0.15) is 5.10 Å².